The molecule has 1 aliphatic rings. The first-order valence-corrected chi connectivity index (χ1v) is 7.38. The monoisotopic (exact) mass is 282 g/mol. The Balaban J connectivity index is 2.01. The van der Waals surface area contributed by atoms with Gasteiger partial charge in [0, 0.05) is 38.8 Å². The molecule has 2 N–H and O–H groups in total. The first kappa shape index (κ1) is 14.6. The van der Waals surface area contributed by atoms with Crippen molar-refractivity contribution < 1.29 is 0 Å². The number of rotatable bonds is 4. The molecule has 0 bridgehead atoms. The van der Waals surface area contributed by atoms with Crippen LogP contribution in [0.4, 0.5) is 5.82 Å². The molecule has 1 aromatic heterocycles. The molecule has 1 aromatic rings. The van der Waals surface area contributed by atoms with Gasteiger partial charge in [-0.25, -0.2) is 4.98 Å². The van der Waals surface area contributed by atoms with Crippen LogP contribution in [-0.2, 0) is 6.54 Å². The van der Waals surface area contributed by atoms with Gasteiger partial charge in [-0.3, -0.25) is 4.90 Å². The van der Waals surface area contributed by atoms with Crippen LogP contribution < -0.4 is 10.6 Å². The number of hydrogen-bond donors (Lipinski definition) is 1. The largest absolute Gasteiger partial charge is 0.354 e. The molecule has 0 saturated carbocycles. The summed E-state index contributed by atoms with van der Waals surface area (Å²) in [6.45, 7) is 9.15. The molecular formula is C14H23ClN4. The molecule has 1 saturated heterocycles. The van der Waals surface area contributed by atoms with E-state index in [-0.39, 0.29) is 0 Å². The second-order valence-corrected chi connectivity index (χ2v) is 5.49. The van der Waals surface area contributed by atoms with Crippen molar-refractivity contribution in [3.8, 4) is 0 Å². The Morgan fingerprint density at radius 3 is 2.58 bits per heavy atom. The van der Waals surface area contributed by atoms with Gasteiger partial charge in [-0.2, -0.15) is 0 Å². The van der Waals surface area contributed by atoms with Crippen LogP contribution in [0.15, 0.2) is 12.1 Å². The van der Waals surface area contributed by atoms with Gasteiger partial charge in [-0.05, 0) is 25.5 Å². The third-order valence-electron chi connectivity index (χ3n) is 3.95. The van der Waals surface area contributed by atoms with Crippen LogP contribution in [-0.4, -0.2) is 42.1 Å². The Morgan fingerprint density at radius 1 is 1.32 bits per heavy atom. The first-order valence-electron chi connectivity index (χ1n) is 7.00. The topological polar surface area (TPSA) is 45.4 Å². The van der Waals surface area contributed by atoms with Crippen molar-refractivity contribution in [1.82, 2.24) is 9.88 Å². The van der Waals surface area contributed by atoms with Gasteiger partial charge in [0.2, 0.25) is 0 Å². The lowest BCUT2D eigenvalue weighted by atomic mass is 10.2. The molecule has 106 valence electrons. The van der Waals surface area contributed by atoms with Crippen LogP contribution in [0.25, 0.3) is 0 Å². The number of halogens is 1. The maximum Gasteiger partial charge on any atom is 0.129 e. The molecule has 0 spiro atoms. The summed E-state index contributed by atoms with van der Waals surface area (Å²) in [5, 5.41) is 0.657. The second-order valence-electron chi connectivity index (χ2n) is 5.08. The van der Waals surface area contributed by atoms with E-state index in [1.807, 2.05) is 12.1 Å². The smallest absolute Gasteiger partial charge is 0.129 e. The summed E-state index contributed by atoms with van der Waals surface area (Å²) < 4.78 is 0. The lowest BCUT2D eigenvalue weighted by molar-refractivity contribution is 0.192. The fourth-order valence-electron chi connectivity index (χ4n) is 2.44. The van der Waals surface area contributed by atoms with E-state index >= 15 is 0 Å². The molecule has 1 fully saturated rings. The van der Waals surface area contributed by atoms with E-state index in [1.54, 1.807) is 0 Å². The van der Waals surface area contributed by atoms with Crippen LogP contribution >= 0.6 is 11.6 Å². The van der Waals surface area contributed by atoms with Crippen LogP contribution in [0.2, 0.25) is 5.02 Å². The van der Waals surface area contributed by atoms with Gasteiger partial charge in [-0.15, -0.1) is 0 Å². The van der Waals surface area contributed by atoms with E-state index < -0.39 is 0 Å². The van der Waals surface area contributed by atoms with Gasteiger partial charge in [-0.1, -0.05) is 18.5 Å². The molecule has 2 heterocycles. The van der Waals surface area contributed by atoms with E-state index in [4.69, 9.17) is 17.3 Å². The zero-order valence-corrected chi connectivity index (χ0v) is 12.5. The molecule has 19 heavy (non-hydrogen) atoms. The minimum Gasteiger partial charge on any atom is -0.354 e. The maximum atomic E-state index is 6.05. The van der Waals surface area contributed by atoms with E-state index in [1.165, 1.54) is 6.42 Å². The zero-order valence-electron chi connectivity index (χ0n) is 11.8. The zero-order chi connectivity index (χ0) is 13.8. The van der Waals surface area contributed by atoms with E-state index in [2.05, 4.69) is 28.6 Å². The molecule has 5 heteroatoms. The SMILES string of the molecule is CCC(C)N1CCN(c2ccc(Cl)c(CN)n2)CC1. The van der Waals surface area contributed by atoms with Gasteiger partial charge >= 0.3 is 0 Å². The third kappa shape index (κ3) is 3.38. The number of pyridine rings is 1. The Labute approximate surface area is 120 Å². The molecule has 1 unspecified atom stereocenters. The molecule has 0 amide bonds. The average molecular weight is 283 g/mol. The minimum atomic E-state index is 0.388. The van der Waals surface area contributed by atoms with Gasteiger partial charge in [0.25, 0.3) is 0 Å². The van der Waals surface area contributed by atoms with Crippen molar-refractivity contribution in [2.45, 2.75) is 32.9 Å². The first-order chi connectivity index (χ1) is 9.15. The molecule has 0 aromatic carbocycles. The fraction of sp³-hybridized carbons (Fsp3) is 0.643. The van der Waals surface area contributed by atoms with E-state index in [0.29, 0.717) is 17.6 Å². The van der Waals surface area contributed by atoms with Crippen molar-refractivity contribution >= 4 is 17.4 Å². The highest BCUT2D eigenvalue weighted by molar-refractivity contribution is 6.31. The highest BCUT2D eigenvalue weighted by Crippen LogP contribution is 2.20. The number of piperazine rings is 1. The number of aromatic nitrogens is 1. The summed E-state index contributed by atoms with van der Waals surface area (Å²) in [5.41, 5.74) is 6.44. The third-order valence-corrected chi connectivity index (χ3v) is 4.29. The normalized spacial score (nSPS) is 18.6. The average Bonchev–Trinajstić information content (AvgIpc) is 2.47. The highest BCUT2D eigenvalue weighted by Gasteiger charge is 2.21. The molecule has 1 atom stereocenters. The number of nitrogens with zero attached hydrogens (tertiary/aromatic N) is 3. The molecule has 0 aliphatic carbocycles. The van der Waals surface area contributed by atoms with Gasteiger partial charge in [0.05, 0.1) is 10.7 Å². The molecule has 0 radical (unpaired) electrons. The molecular weight excluding hydrogens is 260 g/mol. The summed E-state index contributed by atoms with van der Waals surface area (Å²) >= 11 is 6.05. The standard InChI is InChI=1S/C14H23ClN4/c1-3-11(2)18-6-8-19(9-7-18)14-5-4-12(15)13(10-16)17-14/h4-5,11H,3,6-10,16H2,1-2H3. The minimum absolute atomic E-state index is 0.388. The van der Waals surface area contributed by atoms with Crippen LogP contribution in [0.5, 0.6) is 0 Å². The summed E-state index contributed by atoms with van der Waals surface area (Å²) in [4.78, 5) is 9.41. The Kier molecular flexibility index (Phi) is 5.02. The van der Waals surface area contributed by atoms with Crippen molar-refractivity contribution in [2.24, 2.45) is 5.73 Å². The van der Waals surface area contributed by atoms with E-state index in [0.717, 1.165) is 37.7 Å². The van der Waals surface area contributed by atoms with E-state index in [9.17, 15) is 0 Å². The van der Waals surface area contributed by atoms with Crippen LogP contribution in [0, 0.1) is 0 Å². The van der Waals surface area contributed by atoms with Crippen molar-refractivity contribution in [2.75, 3.05) is 31.1 Å². The number of hydrogen-bond acceptors (Lipinski definition) is 4. The lowest BCUT2D eigenvalue weighted by Crippen LogP contribution is -2.49. The lowest BCUT2D eigenvalue weighted by Gasteiger charge is -2.38. The predicted molar refractivity (Wildman–Crippen MR) is 80.7 cm³/mol. The summed E-state index contributed by atoms with van der Waals surface area (Å²) in [6.07, 6.45) is 1.20. The van der Waals surface area contributed by atoms with Gasteiger partial charge < -0.3 is 10.6 Å². The maximum absolute atomic E-state index is 6.05. The van der Waals surface area contributed by atoms with Crippen molar-refractivity contribution in [1.29, 1.82) is 0 Å². The second kappa shape index (κ2) is 6.55. The van der Waals surface area contributed by atoms with Crippen molar-refractivity contribution in [3.63, 3.8) is 0 Å². The quantitative estimate of drug-likeness (QED) is 0.919. The molecule has 2 rings (SSSR count). The Bertz CT molecular complexity index is 416. The number of nitrogens with two attached hydrogens (primary N) is 1. The number of anilines is 1. The fourth-order valence-corrected chi connectivity index (χ4v) is 2.62. The summed E-state index contributed by atoms with van der Waals surface area (Å²) in [7, 11) is 0. The molecule has 4 nitrogen and oxygen atoms in total. The van der Waals surface area contributed by atoms with Crippen molar-refractivity contribution in [3.05, 3.63) is 22.8 Å². The Morgan fingerprint density at radius 2 is 2.00 bits per heavy atom. The summed E-state index contributed by atoms with van der Waals surface area (Å²) in [6, 6.07) is 4.55. The van der Waals surface area contributed by atoms with Crippen LogP contribution in [0.3, 0.4) is 0 Å². The summed E-state index contributed by atoms with van der Waals surface area (Å²) in [5.74, 6) is 0.994. The van der Waals surface area contributed by atoms with Crippen LogP contribution in [0.1, 0.15) is 26.0 Å². The molecule has 1 aliphatic heterocycles. The highest BCUT2D eigenvalue weighted by atomic mass is 35.5. The van der Waals surface area contributed by atoms with Gasteiger partial charge in [0.1, 0.15) is 5.82 Å². The predicted octanol–water partition coefficient (Wildman–Crippen LogP) is 2.11. The van der Waals surface area contributed by atoms with Gasteiger partial charge in [0.15, 0.2) is 0 Å². The Hall–Kier alpha value is -0.840.